The van der Waals surface area contributed by atoms with Crippen LogP contribution in [0.2, 0.25) is 0 Å². The minimum Gasteiger partial charge on any atom is -0.497 e. The lowest BCUT2D eigenvalue weighted by Crippen LogP contribution is -2.16. The van der Waals surface area contributed by atoms with E-state index in [-0.39, 0.29) is 6.04 Å². The number of rotatable bonds is 0. The molecule has 0 radical (unpaired) electrons. The van der Waals surface area contributed by atoms with Crippen LogP contribution in [0, 0.1) is 0 Å². The molecule has 1 fully saturated rings. The lowest BCUT2D eigenvalue weighted by molar-refractivity contribution is 0.263. The lowest BCUT2D eigenvalue weighted by atomic mass is 10.2. The summed E-state index contributed by atoms with van der Waals surface area (Å²) in [5, 5.41) is 0. The van der Waals surface area contributed by atoms with Crippen molar-refractivity contribution in [1.82, 2.24) is 0 Å². The average Bonchev–Trinajstić information content (AvgIpc) is 1.91. The summed E-state index contributed by atoms with van der Waals surface area (Å²) < 4.78 is 4.95. The van der Waals surface area contributed by atoms with Crippen LogP contribution in [0.1, 0.15) is 6.42 Å². The van der Waals surface area contributed by atoms with Crippen molar-refractivity contribution in [2.75, 3.05) is 6.61 Å². The van der Waals surface area contributed by atoms with Gasteiger partial charge >= 0.3 is 0 Å². The van der Waals surface area contributed by atoms with E-state index in [1.54, 1.807) is 0 Å². The summed E-state index contributed by atoms with van der Waals surface area (Å²) in [7, 11) is 0. The van der Waals surface area contributed by atoms with Crippen molar-refractivity contribution in [3.63, 3.8) is 0 Å². The molecule has 40 valence electrons. The zero-order valence-corrected chi connectivity index (χ0v) is 4.18. The molecule has 2 nitrogen and oxygen atoms in total. The SMILES string of the molecule is C=C1OCCC1N. The van der Waals surface area contributed by atoms with Gasteiger partial charge in [0.1, 0.15) is 5.76 Å². The second-order valence-electron chi connectivity index (χ2n) is 1.71. The van der Waals surface area contributed by atoms with Gasteiger partial charge in [0, 0.05) is 6.42 Å². The molecular weight excluding hydrogens is 90.1 g/mol. The summed E-state index contributed by atoms with van der Waals surface area (Å²) in [5.74, 6) is 0.736. The van der Waals surface area contributed by atoms with Crippen LogP contribution in [0.5, 0.6) is 0 Å². The van der Waals surface area contributed by atoms with E-state index in [0.717, 1.165) is 18.8 Å². The van der Waals surface area contributed by atoms with Crippen LogP contribution in [0.25, 0.3) is 0 Å². The Kier molecular flexibility index (Phi) is 1.02. The number of nitrogens with two attached hydrogens (primary N) is 1. The minimum atomic E-state index is 0.0972. The molecular formula is C5H9NO. The molecule has 2 heteroatoms. The molecule has 0 aromatic carbocycles. The predicted molar refractivity (Wildman–Crippen MR) is 27.7 cm³/mol. The van der Waals surface area contributed by atoms with Crippen LogP contribution < -0.4 is 5.73 Å². The van der Waals surface area contributed by atoms with Gasteiger partial charge in [0.05, 0.1) is 12.6 Å². The molecule has 1 heterocycles. The molecule has 7 heavy (non-hydrogen) atoms. The first-order valence-corrected chi connectivity index (χ1v) is 2.38. The van der Waals surface area contributed by atoms with Gasteiger partial charge in [-0.25, -0.2) is 0 Å². The number of hydrogen-bond donors (Lipinski definition) is 1. The fourth-order valence-corrected chi connectivity index (χ4v) is 0.585. The summed E-state index contributed by atoms with van der Waals surface area (Å²) in [5.41, 5.74) is 5.45. The fourth-order valence-electron chi connectivity index (χ4n) is 0.585. The summed E-state index contributed by atoms with van der Waals surface area (Å²) in [6.07, 6.45) is 0.929. The van der Waals surface area contributed by atoms with E-state index in [4.69, 9.17) is 10.5 Å². The molecule has 1 unspecified atom stereocenters. The Bertz CT molecular complexity index is 90.1. The number of ether oxygens (including phenoxy) is 1. The molecule has 0 amide bonds. The van der Waals surface area contributed by atoms with Crippen molar-refractivity contribution < 1.29 is 4.74 Å². The van der Waals surface area contributed by atoms with Crippen molar-refractivity contribution in [2.45, 2.75) is 12.5 Å². The highest BCUT2D eigenvalue weighted by Crippen LogP contribution is 2.11. The minimum absolute atomic E-state index is 0.0972. The van der Waals surface area contributed by atoms with Crippen LogP contribution in [0.4, 0.5) is 0 Å². The first-order valence-electron chi connectivity index (χ1n) is 2.38. The van der Waals surface area contributed by atoms with Gasteiger partial charge in [0.2, 0.25) is 0 Å². The molecule has 1 saturated heterocycles. The Balaban J connectivity index is 2.48. The Morgan fingerprint density at radius 1 is 1.86 bits per heavy atom. The zero-order chi connectivity index (χ0) is 5.28. The highest BCUT2D eigenvalue weighted by atomic mass is 16.5. The topological polar surface area (TPSA) is 35.2 Å². The first kappa shape index (κ1) is 4.65. The van der Waals surface area contributed by atoms with Gasteiger partial charge in [0.15, 0.2) is 0 Å². The van der Waals surface area contributed by atoms with Gasteiger partial charge in [-0.05, 0) is 0 Å². The quantitative estimate of drug-likeness (QED) is 0.472. The van der Waals surface area contributed by atoms with Crippen LogP contribution in [0.15, 0.2) is 12.3 Å². The van der Waals surface area contributed by atoms with Crippen molar-refractivity contribution in [3.05, 3.63) is 12.3 Å². The molecule has 1 rings (SSSR count). The molecule has 2 N–H and O–H groups in total. The van der Waals surface area contributed by atoms with Crippen LogP contribution in [0.3, 0.4) is 0 Å². The largest absolute Gasteiger partial charge is 0.497 e. The molecule has 1 aliphatic heterocycles. The zero-order valence-electron chi connectivity index (χ0n) is 4.18. The second kappa shape index (κ2) is 1.54. The van der Waals surface area contributed by atoms with Gasteiger partial charge < -0.3 is 10.5 Å². The van der Waals surface area contributed by atoms with E-state index in [1.807, 2.05) is 0 Å². The molecule has 0 spiro atoms. The average molecular weight is 99.1 g/mol. The lowest BCUT2D eigenvalue weighted by Gasteiger charge is -1.96. The van der Waals surface area contributed by atoms with Crippen molar-refractivity contribution >= 4 is 0 Å². The van der Waals surface area contributed by atoms with E-state index in [9.17, 15) is 0 Å². The molecule has 1 atom stereocenters. The van der Waals surface area contributed by atoms with E-state index in [1.165, 1.54) is 0 Å². The maximum Gasteiger partial charge on any atom is 0.106 e. The summed E-state index contributed by atoms with van der Waals surface area (Å²) in [4.78, 5) is 0. The van der Waals surface area contributed by atoms with E-state index >= 15 is 0 Å². The van der Waals surface area contributed by atoms with Crippen molar-refractivity contribution in [1.29, 1.82) is 0 Å². The Hall–Kier alpha value is -0.500. The van der Waals surface area contributed by atoms with Gasteiger partial charge in [0.25, 0.3) is 0 Å². The van der Waals surface area contributed by atoms with Crippen molar-refractivity contribution in [2.24, 2.45) is 5.73 Å². The van der Waals surface area contributed by atoms with Crippen molar-refractivity contribution in [3.8, 4) is 0 Å². The molecule has 0 bridgehead atoms. The fraction of sp³-hybridized carbons (Fsp3) is 0.600. The van der Waals surface area contributed by atoms with Gasteiger partial charge in [-0.2, -0.15) is 0 Å². The highest BCUT2D eigenvalue weighted by molar-refractivity contribution is 4.98. The third-order valence-corrected chi connectivity index (χ3v) is 1.13. The number of hydrogen-bond acceptors (Lipinski definition) is 2. The molecule has 0 aromatic rings. The normalized spacial score (nSPS) is 30.4. The van der Waals surface area contributed by atoms with E-state index < -0.39 is 0 Å². The molecule has 0 saturated carbocycles. The summed E-state index contributed by atoms with van der Waals surface area (Å²) >= 11 is 0. The summed E-state index contributed by atoms with van der Waals surface area (Å²) in [6, 6.07) is 0.0972. The highest BCUT2D eigenvalue weighted by Gasteiger charge is 2.14. The molecule has 0 aromatic heterocycles. The summed E-state index contributed by atoms with van der Waals surface area (Å²) in [6.45, 7) is 4.34. The standard InChI is InChI=1S/C5H9NO/c1-4-5(6)2-3-7-4/h5H,1-3,6H2. The van der Waals surface area contributed by atoms with E-state index in [2.05, 4.69) is 6.58 Å². The Labute approximate surface area is 43.0 Å². The van der Waals surface area contributed by atoms with Crippen LogP contribution in [-0.4, -0.2) is 12.6 Å². The molecule has 0 aliphatic carbocycles. The second-order valence-corrected chi connectivity index (χ2v) is 1.71. The maximum absolute atomic E-state index is 5.45. The monoisotopic (exact) mass is 99.1 g/mol. The van der Waals surface area contributed by atoms with Gasteiger partial charge in [-0.15, -0.1) is 0 Å². The van der Waals surface area contributed by atoms with E-state index in [0.29, 0.717) is 0 Å². The maximum atomic E-state index is 5.45. The smallest absolute Gasteiger partial charge is 0.106 e. The first-order chi connectivity index (χ1) is 3.30. The third-order valence-electron chi connectivity index (χ3n) is 1.13. The third kappa shape index (κ3) is 0.747. The van der Waals surface area contributed by atoms with Crippen LogP contribution in [-0.2, 0) is 4.74 Å². The Morgan fingerprint density at radius 2 is 2.57 bits per heavy atom. The predicted octanol–water partition coefficient (Wildman–Crippen LogP) is 0.248. The van der Waals surface area contributed by atoms with Gasteiger partial charge in [-0.1, -0.05) is 6.58 Å². The van der Waals surface area contributed by atoms with Gasteiger partial charge in [-0.3, -0.25) is 0 Å². The van der Waals surface area contributed by atoms with Crippen LogP contribution >= 0.6 is 0 Å². The molecule has 1 aliphatic rings. The Morgan fingerprint density at radius 3 is 2.71 bits per heavy atom.